The van der Waals surface area contributed by atoms with Gasteiger partial charge in [-0.3, -0.25) is 9.59 Å². The molecule has 3 heteroatoms. The van der Waals surface area contributed by atoms with E-state index < -0.39 is 0 Å². The number of allylic oxidation sites excluding steroid dienone is 2. The van der Waals surface area contributed by atoms with Gasteiger partial charge in [0.1, 0.15) is 0 Å². The number of rotatable bonds is 4. The Morgan fingerprint density at radius 3 is 2.17 bits per heavy atom. The van der Waals surface area contributed by atoms with Crippen molar-refractivity contribution in [1.29, 1.82) is 0 Å². The van der Waals surface area contributed by atoms with Gasteiger partial charge in [0.05, 0.1) is 5.70 Å². The van der Waals surface area contributed by atoms with E-state index in [4.69, 9.17) is 5.73 Å². The molecule has 0 aliphatic rings. The number of Topliss-reactive ketones (excluding diaryl/α,β-unsaturated/α-hetero) is 1. The molecule has 0 aromatic heterocycles. The maximum absolute atomic E-state index is 12.5. The predicted molar refractivity (Wildman–Crippen MR) is 96.1 cm³/mol. The van der Waals surface area contributed by atoms with Gasteiger partial charge in [-0.25, -0.2) is 0 Å². The molecule has 0 heterocycles. The number of carbonyl (C=O) groups excluding carboxylic acids is 2. The molecular formula is C21H17NO2. The summed E-state index contributed by atoms with van der Waals surface area (Å²) in [5.41, 5.74) is 7.84. The van der Waals surface area contributed by atoms with Gasteiger partial charge in [0.15, 0.2) is 5.78 Å². The lowest BCUT2D eigenvalue weighted by atomic mass is 10.0. The zero-order valence-electron chi connectivity index (χ0n) is 13.3. The van der Waals surface area contributed by atoms with E-state index >= 15 is 0 Å². The largest absolute Gasteiger partial charge is 0.395 e. The van der Waals surface area contributed by atoms with Crippen molar-refractivity contribution in [3.63, 3.8) is 0 Å². The van der Waals surface area contributed by atoms with Crippen LogP contribution in [0.3, 0.4) is 0 Å². The van der Waals surface area contributed by atoms with E-state index in [0.717, 1.165) is 16.3 Å². The highest BCUT2D eigenvalue weighted by Gasteiger charge is 2.12. The van der Waals surface area contributed by atoms with Gasteiger partial charge < -0.3 is 5.73 Å². The van der Waals surface area contributed by atoms with Crippen molar-refractivity contribution in [3.05, 3.63) is 95.2 Å². The van der Waals surface area contributed by atoms with E-state index in [1.54, 1.807) is 24.3 Å². The summed E-state index contributed by atoms with van der Waals surface area (Å²) in [5, 5.41) is 2.01. The molecule has 3 nitrogen and oxygen atoms in total. The van der Waals surface area contributed by atoms with Gasteiger partial charge in [0.25, 0.3) is 0 Å². The van der Waals surface area contributed by atoms with Crippen LogP contribution in [0.4, 0.5) is 0 Å². The average molecular weight is 315 g/mol. The fraction of sp³-hybridized carbons (Fsp3) is 0.0476. The third-order valence-corrected chi connectivity index (χ3v) is 3.90. The number of nitrogens with two attached hydrogens (primary N) is 1. The Morgan fingerprint density at radius 2 is 1.46 bits per heavy atom. The Bertz CT molecular complexity index is 953. The average Bonchev–Trinajstić information content (AvgIpc) is 2.61. The number of hydrogen-bond acceptors (Lipinski definition) is 3. The van der Waals surface area contributed by atoms with Crippen molar-refractivity contribution in [3.8, 4) is 0 Å². The Kier molecular flexibility index (Phi) is 4.25. The van der Waals surface area contributed by atoms with Crippen LogP contribution in [0.15, 0.2) is 78.5 Å². The molecule has 0 fully saturated rings. The maximum atomic E-state index is 12.5. The normalized spacial score (nSPS) is 11.5. The molecule has 0 aliphatic heterocycles. The maximum Gasteiger partial charge on any atom is 0.208 e. The Balaban J connectivity index is 1.87. The molecule has 3 aromatic rings. The second-order valence-electron chi connectivity index (χ2n) is 5.72. The van der Waals surface area contributed by atoms with Gasteiger partial charge in [-0.05, 0) is 23.8 Å². The first-order valence-electron chi connectivity index (χ1n) is 7.66. The first kappa shape index (κ1) is 15.7. The highest BCUT2D eigenvalue weighted by Crippen LogP contribution is 2.17. The van der Waals surface area contributed by atoms with Gasteiger partial charge in [0.2, 0.25) is 5.78 Å². The summed E-state index contributed by atoms with van der Waals surface area (Å²) < 4.78 is 0. The fourth-order valence-electron chi connectivity index (χ4n) is 2.51. The molecule has 24 heavy (non-hydrogen) atoms. The molecule has 0 atom stereocenters. The van der Waals surface area contributed by atoms with Crippen LogP contribution in [0, 0.1) is 6.92 Å². The molecule has 2 N–H and O–H groups in total. The predicted octanol–water partition coefficient (Wildman–Crippen LogP) is 4.06. The van der Waals surface area contributed by atoms with Crippen molar-refractivity contribution >= 4 is 22.3 Å². The molecule has 0 radical (unpaired) electrons. The van der Waals surface area contributed by atoms with E-state index in [-0.39, 0.29) is 17.3 Å². The van der Waals surface area contributed by atoms with E-state index in [9.17, 15) is 9.59 Å². The zero-order valence-corrected chi connectivity index (χ0v) is 13.3. The number of carbonyl (C=O) groups is 2. The smallest absolute Gasteiger partial charge is 0.208 e. The standard InChI is InChI=1S/C21H17NO2/c1-14-6-8-16(9-7-14)20(23)13-19(22)21(24)18-11-10-15-4-2-3-5-17(15)12-18/h2-13H,22H2,1H3. The second kappa shape index (κ2) is 6.50. The van der Waals surface area contributed by atoms with Crippen LogP contribution in [-0.2, 0) is 0 Å². The Hall–Kier alpha value is -3.20. The van der Waals surface area contributed by atoms with Crippen LogP contribution < -0.4 is 5.73 Å². The number of ketones is 2. The molecular weight excluding hydrogens is 298 g/mol. The van der Waals surface area contributed by atoms with Crippen molar-refractivity contribution in [2.45, 2.75) is 6.92 Å². The molecule has 3 aromatic carbocycles. The molecule has 0 saturated carbocycles. The van der Waals surface area contributed by atoms with Crippen LogP contribution in [0.2, 0.25) is 0 Å². The molecule has 0 saturated heterocycles. The van der Waals surface area contributed by atoms with Crippen molar-refractivity contribution in [2.24, 2.45) is 5.73 Å². The SMILES string of the molecule is Cc1ccc(C(=O)C=C(N)C(=O)c2ccc3ccccc3c2)cc1. The summed E-state index contributed by atoms with van der Waals surface area (Å²) in [6.07, 6.45) is 1.20. The molecule has 0 amide bonds. The summed E-state index contributed by atoms with van der Waals surface area (Å²) >= 11 is 0. The second-order valence-corrected chi connectivity index (χ2v) is 5.72. The molecule has 0 bridgehead atoms. The van der Waals surface area contributed by atoms with Gasteiger partial charge in [-0.2, -0.15) is 0 Å². The number of aryl methyl sites for hydroxylation is 1. The lowest BCUT2D eigenvalue weighted by Crippen LogP contribution is -2.14. The van der Waals surface area contributed by atoms with Crippen LogP contribution in [0.25, 0.3) is 10.8 Å². The summed E-state index contributed by atoms with van der Waals surface area (Å²) in [6, 6.07) is 20.3. The van der Waals surface area contributed by atoms with Crippen LogP contribution in [0.5, 0.6) is 0 Å². The molecule has 0 spiro atoms. The summed E-state index contributed by atoms with van der Waals surface area (Å²) in [7, 11) is 0. The molecule has 3 rings (SSSR count). The molecule has 0 unspecified atom stereocenters. The van der Waals surface area contributed by atoms with E-state index in [1.807, 2.05) is 49.4 Å². The van der Waals surface area contributed by atoms with Crippen LogP contribution >= 0.6 is 0 Å². The molecule has 0 aliphatic carbocycles. The van der Waals surface area contributed by atoms with Crippen molar-refractivity contribution in [2.75, 3.05) is 0 Å². The summed E-state index contributed by atoms with van der Waals surface area (Å²) in [6.45, 7) is 1.95. The van der Waals surface area contributed by atoms with Crippen LogP contribution in [-0.4, -0.2) is 11.6 Å². The third kappa shape index (κ3) is 3.25. The summed E-state index contributed by atoms with van der Waals surface area (Å²) in [4.78, 5) is 24.7. The monoisotopic (exact) mass is 315 g/mol. The topological polar surface area (TPSA) is 60.2 Å². The Labute approximate surface area is 140 Å². The van der Waals surface area contributed by atoms with Gasteiger partial charge in [-0.1, -0.05) is 66.2 Å². The zero-order chi connectivity index (χ0) is 17.1. The van der Waals surface area contributed by atoms with Crippen molar-refractivity contribution in [1.82, 2.24) is 0 Å². The van der Waals surface area contributed by atoms with E-state index in [2.05, 4.69) is 0 Å². The lowest BCUT2D eigenvalue weighted by molar-refractivity contribution is 0.101. The number of fused-ring (bicyclic) bond motifs is 1. The fourth-order valence-corrected chi connectivity index (χ4v) is 2.51. The van der Waals surface area contributed by atoms with E-state index in [0.29, 0.717) is 11.1 Å². The molecule has 118 valence electrons. The minimum Gasteiger partial charge on any atom is -0.395 e. The van der Waals surface area contributed by atoms with E-state index in [1.165, 1.54) is 6.08 Å². The van der Waals surface area contributed by atoms with Gasteiger partial charge >= 0.3 is 0 Å². The minimum atomic E-state index is -0.346. The van der Waals surface area contributed by atoms with Gasteiger partial charge in [0, 0.05) is 17.2 Å². The quantitative estimate of drug-likeness (QED) is 0.583. The first-order chi connectivity index (χ1) is 11.5. The van der Waals surface area contributed by atoms with Crippen molar-refractivity contribution < 1.29 is 9.59 Å². The van der Waals surface area contributed by atoms with Gasteiger partial charge in [-0.15, -0.1) is 0 Å². The highest BCUT2D eigenvalue weighted by molar-refractivity contribution is 6.15. The minimum absolute atomic E-state index is 0.0594. The third-order valence-electron chi connectivity index (χ3n) is 3.90. The highest BCUT2D eigenvalue weighted by atomic mass is 16.1. The lowest BCUT2D eigenvalue weighted by Gasteiger charge is -2.04. The van der Waals surface area contributed by atoms with Crippen LogP contribution in [0.1, 0.15) is 26.3 Å². The Morgan fingerprint density at radius 1 is 0.833 bits per heavy atom. The number of benzene rings is 3. The summed E-state index contributed by atoms with van der Waals surface area (Å²) in [5.74, 6) is -0.622. The number of hydrogen-bond donors (Lipinski definition) is 1. The first-order valence-corrected chi connectivity index (χ1v) is 7.66.